The third kappa shape index (κ3) is 2.72. The molecule has 16 heavy (non-hydrogen) atoms. The van der Waals surface area contributed by atoms with Crippen molar-refractivity contribution in [2.45, 2.75) is 31.5 Å². The van der Waals surface area contributed by atoms with Crippen LogP contribution in [0.4, 0.5) is 13.2 Å². The van der Waals surface area contributed by atoms with Crippen LogP contribution < -0.4 is 5.73 Å². The van der Waals surface area contributed by atoms with Crippen molar-refractivity contribution < 1.29 is 13.2 Å². The molecular formula is C11H13F3N2. The first-order chi connectivity index (χ1) is 7.47. The Balaban J connectivity index is 2.01. The van der Waals surface area contributed by atoms with Crippen LogP contribution in [-0.4, -0.2) is 11.0 Å². The number of rotatable bonds is 3. The quantitative estimate of drug-likeness (QED) is 0.865. The monoisotopic (exact) mass is 230 g/mol. The van der Waals surface area contributed by atoms with Crippen molar-refractivity contribution in [3.8, 4) is 0 Å². The van der Waals surface area contributed by atoms with Gasteiger partial charge in [-0.15, -0.1) is 0 Å². The van der Waals surface area contributed by atoms with E-state index in [4.69, 9.17) is 5.73 Å². The van der Waals surface area contributed by atoms with Gasteiger partial charge < -0.3 is 5.73 Å². The maximum Gasteiger partial charge on any atom is 0.417 e. The Morgan fingerprint density at radius 1 is 1.38 bits per heavy atom. The fourth-order valence-corrected chi connectivity index (χ4v) is 1.65. The van der Waals surface area contributed by atoms with Crippen LogP contribution in [0.5, 0.6) is 0 Å². The van der Waals surface area contributed by atoms with E-state index in [1.165, 1.54) is 6.07 Å². The minimum atomic E-state index is -4.32. The van der Waals surface area contributed by atoms with Crippen molar-refractivity contribution in [3.63, 3.8) is 0 Å². The SMILES string of the molecule is NC(Cc1ccc(C(F)(F)F)cn1)C1CC1. The van der Waals surface area contributed by atoms with Gasteiger partial charge in [-0.1, -0.05) is 0 Å². The molecule has 1 saturated carbocycles. The van der Waals surface area contributed by atoms with Gasteiger partial charge in [0.25, 0.3) is 0 Å². The Kier molecular flexibility index (Phi) is 2.88. The lowest BCUT2D eigenvalue weighted by Gasteiger charge is -2.10. The number of alkyl halides is 3. The molecule has 1 aliphatic rings. The largest absolute Gasteiger partial charge is 0.417 e. The van der Waals surface area contributed by atoms with E-state index in [-0.39, 0.29) is 6.04 Å². The van der Waals surface area contributed by atoms with E-state index in [1.54, 1.807) is 0 Å². The molecule has 0 radical (unpaired) electrons. The molecular weight excluding hydrogens is 217 g/mol. The summed E-state index contributed by atoms with van der Waals surface area (Å²) in [4.78, 5) is 3.80. The molecule has 1 atom stereocenters. The first kappa shape index (κ1) is 11.4. The van der Waals surface area contributed by atoms with Gasteiger partial charge in [-0.2, -0.15) is 13.2 Å². The summed E-state index contributed by atoms with van der Waals surface area (Å²) in [6, 6.07) is 2.50. The second-order valence-electron chi connectivity index (χ2n) is 4.24. The minimum Gasteiger partial charge on any atom is -0.327 e. The topological polar surface area (TPSA) is 38.9 Å². The average molecular weight is 230 g/mol. The lowest BCUT2D eigenvalue weighted by atomic mass is 10.1. The van der Waals surface area contributed by atoms with Crippen molar-refractivity contribution in [1.82, 2.24) is 4.98 Å². The molecule has 0 aliphatic heterocycles. The molecule has 88 valence electrons. The Labute approximate surface area is 91.7 Å². The number of hydrogen-bond acceptors (Lipinski definition) is 2. The molecule has 0 saturated heterocycles. The zero-order valence-corrected chi connectivity index (χ0v) is 8.67. The zero-order valence-electron chi connectivity index (χ0n) is 8.67. The summed E-state index contributed by atoms with van der Waals surface area (Å²) < 4.78 is 36.8. The summed E-state index contributed by atoms with van der Waals surface area (Å²) in [7, 11) is 0. The van der Waals surface area contributed by atoms with Gasteiger partial charge in [-0.3, -0.25) is 4.98 Å². The lowest BCUT2D eigenvalue weighted by molar-refractivity contribution is -0.137. The van der Waals surface area contributed by atoms with E-state index in [0.717, 1.165) is 25.1 Å². The highest BCUT2D eigenvalue weighted by Crippen LogP contribution is 2.33. The fourth-order valence-electron chi connectivity index (χ4n) is 1.65. The van der Waals surface area contributed by atoms with E-state index in [9.17, 15) is 13.2 Å². The first-order valence-electron chi connectivity index (χ1n) is 5.24. The van der Waals surface area contributed by atoms with Crippen molar-refractivity contribution in [1.29, 1.82) is 0 Å². The summed E-state index contributed by atoms with van der Waals surface area (Å²) in [5.74, 6) is 0.532. The molecule has 0 aromatic carbocycles. The van der Waals surface area contributed by atoms with Crippen LogP contribution in [0.2, 0.25) is 0 Å². The van der Waals surface area contributed by atoms with Gasteiger partial charge in [0.2, 0.25) is 0 Å². The van der Waals surface area contributed by atoms with Crippen LogP contribution in [0.3, 0.4) is 0 Å². The van der Waals surface area contributed by atoms with Crippen LogP contribution in [0, 0.1) is 5.92 Å². The molecule has 1 heterocycles. The number of aromatic nitrogens is 1. The molecule has 0 amide bonds. The highest BCUT2D eigenvalue weighted by atomic mass is 19.4. The Morgan fingerprint density at radius 3 is 2.50 bits per heavy atom. The van der Waals surface area contributed by atoms with Gasteiger partial charge in [-0.25, -0.2) is 0 Å². The van der Waals surface area contributed by atoms with Crippen molar-refractivity contribution in [3.05, 3.63) is 29.6 Å². The van der Waals surface area contributed by atoms with Gasteiger partial charge in [-0.05, 0) is 30.9 Å². The molecule has 2 N–H and O–H groups in total. The Bertz CT molecular complexity index is 354. The molecule has 2 nitrogen and oxygen atoms in total. The van der Waals surface area contributed by atoms with Crippen molar-refractivity contribution >= 4 is 0 Å². The summed E-state index contributed by atoms with van der Waals surface area (Å²) in [5.41, 5.74) is 5.79. The Morgan fingerprint density at radius 2 is 2.06 bits per heavy atom. The van der Waals surface area contributed by atoms with Crippen LogP contribution in [-0.2, 0) is 12.6 Å². The summed E-state index contributed by atoms with van der Waals surface area (Å²) in [6.45, 7) is 0. The van der Waals surface area contributed by atoms with E-state index in [1.807, 2.05) is 0 Å². The molecule has 1 aliphatic carbocycles. The van der Waals surface area contributed by atoms with Gasteiger partial charge in [0, 0.05) is 24.4 Å². The smallest absolute Gasteiger partial charge is 0.327 e. The zero-order chi connectivity index (χ0) is 11.8. The average Bonchev–Trinajstić information content (AvgIpc) is 3.00. The van der Waals surface area contributed by atoms with Gasteiger partial charge in [0.05, 0.1) is 5.56 Å². The van der Waals surface area contributed by atoms with Crippen molar-refractivity contribution in [2.24, 2.45) is 11.7 Å². The molecule has 0 bridgehead atoms. The molecule has 0 spiro atoms. The molecule has 1 fully saturated rings. The lowest BCUT2D eigenvalue weighted by Crippen LogP contribution is -2.25. The second kappa shape index (κ2) is 4.05. The first-order valence-corrected chi connectivity index (χ1v) is 5.24. The number of hydrogen-bond donors (Lipinski definition) is 1. The fraction of sp³-hybridized carbons (Fsp3) is 0.545. The van der Waals surface area contributed by atoms with Crippen LogP contribution in [0.25, 0.3) is 0 Å². The minimum absolute atomic E-state index is 0.0317. The summed E-state index contributed by atoms with van der Waals surface area (Å²) in [5, 5.41) is 0. The number of nitrogens with two attached hydrogens (primary N) is 1. The second-order valence-corrected chi connectivity index (χ2v) is 4.24. The molecule has 5 heteroatoms. The van der Waals surface area contributed by atoms with Gasteiger partial charge in [0.1, 0.15) is 0 Å². The predicted molar refractivity (Wildman–Crippen MR) is 53.6 cm³/mol. The summed E-state index contributed by atoms with van der Waals surface area (Å²) >= 11 is 0. The van der Waals surface area contributed by atoms with E-state index >= 15 is 0 Å². The third-order valence-corrected chi connectivity index (χ3v) is 2.82. The van der Waals surface area contributed by atoms with Crippen LogP contribution in [0.15, 0.2) is 18.3 Å². The van der Waals surface area contributed by atoms with Crippen LogP contribution >= 0.6 is 0 Å². The van der Waals surface area contributed by atoms with Crippen LogP contribution in [0.1, 0.15) is 24.1 Å². The molecule has 1 unspecified atom stereocenters. The number of nitrogens with zero attached hydrogens (tertiary/aromatic N) is 1. The van der Waals surface area contributed by atoms with E-state index < -0.39 is 11.7 Å². The van der Waals surface area contributed by atoms with Crippen molar-refractivity contribution in [2.75, 3.05) is 0 Å². The van der Waals surface area contributed by atoms with E-state index in [2.05, 4.69) is 4.98 Å². The predicted octanol–water partition coefficient (Wildman–Crippen LogP) is 2.38. The standard InChI is InChI=1S/C11H13F3N2/c12-11(13,14)8-3-4-9(16-6-8)5-10(15)7-1-2-7/h3-4,6-7,10H,1-2,5,15H2. The molecule has 1 aromatic rings. The number of pyridine rings is 1. The van der Waals surface area contributed by atoms with E-state index in [0.29, 0.717) is 18.0 Å². The highest BCUT2D eigenvalue weighted by molar-refractivity contribution is 5.17. The molecule has 2 rings (SSSR count). The highest BCUT2D eigenvalue weighted by Gasteiger charge is 2.31. The van der Waals surface area contributed by atoms with Gasteiger partial charge in [0.15, 0.2) is 0 Å². The normalized spacial score (nSPS) is 18.5. The van der Waals surface area contributed by atoms with Gasteiger partial charge >= 0.3 is 6.18 Å². The summed E-state index contributed by atoms with van der Waals surface area (Å²) in [6.07, 6.45) is -0.633. The number of halogens is 3. The molecule has 1 aromatic heterocycles. The Hall–Kier alpha value is -1.10. The maximum absolute atomic E-state index is 12.3. The maximum atomic E-state index is 12.3. The third-order valence-electron chi connectivity index (χ3n) is 2.82.